The normalized spacial score (nSPS) is 20.0. The van der Waals surface area contributed by atoms with Crippen molar-refractivity contribution in [2.75, 3.05) is 19.6 Å². The first-order valence-corrected chi connectivity index (χ1v) is 10.00. The highest BCUT2D eigenvalue weighted by Crippen LogP contribution is 2.35. The maximum Gasteiger partial charge on any atom is 0.271 e. The zero-order valence-electron chi connectivity index (χ0n) is 16.1. The number of hydrogen-bond acceptors (Lipinski definition) is 6. The third kappa shape index (κ3) is 3.93. The van der Waals surface area contributed by atoms with E-state index >= 15 is 0 Å². The van der Waals surface area contributed by atoms with Crippen LogP contribution < -0.4 is 0 Å². The summed E-state index contributed by atoms with van der Waals surface area (Å²) in [5.74, 6) is 1.71. The molecule has 1 aliphatic heterocycles. The Kier molecular flexibility index (Phi) is 5.40. The van der Waals surface area contributed by atoms with Gasteiger partial charge in [0.25, 0.3) is 5.91 Å². The first-order chi connectivity index (χ1) is 13.6. The summed E-state index contributed by atoms with van der Waals surface area (Å²) in [4.78, 5) is 33.0. The molecule has 9 heteroatoms. The van der Waals surface area contributed by atoms with Gasteiger partial charge in [0.2, 0.25) is 11.8 Å². The predicted molar refractivity (Wildman–Crippen MR) is 99.5 cm³/mol. The molecule has 0 spiro atoms. The van der Waals surface area contributed by atoms with E-state index in [9.17, 15) is 9.59 Å². The monoisotopic (exact) mass is 386 g/mol. The van der Waals surface area contributed by atoms with Crippen LogP contribution in [0, 0.1) is 0 Å². The molecule has 1 aliphatic carbocycles. The third-order valence-electron chi connectivity index (χ3n) is 5.77. The van der Waals surface area contributed by atoms with Crippen molar-refractivity contribution in [2.24, 2.45) is 0 Å². The number of rotatable bonds is 6. The number of aromatic nitrogens is 4. The molecule has 2 aliphatic rings. The summed E-state index contributed by atoms with van der Waals surface area (Å²) in [6, 6.07) is 1.67. The van der Waals surface area contributed by atoms with Crippen molar-refractivity contribution in [3.05, 3.63) is 29.7 Å². The van der Waals surface area contributed by atoms with Gasteiger partial charge in [0.1, 0.15) is 5.69 Å². The lowest BCUT2D eigenvalue weighted by molar-refractivity contribution is -0.132. The van der Waals surface area contributed by atoms with E-state index in [-0.39, 0.29) is 17.9 Å². The summed E-state index contributed by atoms with van der Waals surface area (Å²) in [6.07, 6.45) is 7.32. The zero-order valence-corrected chi connectivity index (χ0v) is 16.1. The van der Waals surface area contributed by atoms with Gasteiger partial charge >= 0.3 is 0 Å². The molecule has 4 rings (SSSR count). The van der Waals surface area contributed by atoms with E-state index in [1.165, 1.54) is 6.42 Å². The number of likely N-dealkylation sites (tertiary alicyclic amines) is 1. The standard InChI is InChI=1S/C19H26N6O3/c1-13(26)25(11-8-17-21-18(28-23-17)14-4-2-5-14)15-6-3-10-24(12-15)19(27)16-7-9-20-22-16/h7,9,14-15H,2-6,8,10-12H2,1H3,(H,20,22). The maximum absolute atomic E-state index is 12.6. The molecule has 1 atom stereocenters. The average molecular weight is 386 g/mol. The van der Waals surface area contributed by atoms with Gasteiger partial charge in [-0.3, -0.25) is 14.7 Å². The van der Waals surface area contributed by atoms with Crippen molar-refractivity contribution >= 4 is 11.8 Å². The second-order valence-electron chi connectivity index (χ2n) is 7.66. The average Bonchev–Trinajstić information content (AvgIpc) is 3.32. The molecule has 0 radical (unpaired) electrons. The summed E-state index contributed by atoms with van der Waals surface area (Å²) in [5, 5.41) is 10.6. The lowest BCUT2D eigenvalue weighted by Gasteiger charge is -2.38. The molecule has 2 fully saturated rings. The van der Waals surface area contributed by atoms with E-state index in [1.807, 2.05) is 4.90 Å². The molecule has 2 aromatic rings. The number of nitrogens with one attached hydrogen (secondary N) is 1. The van der Waals surface area contributed by atoms with Gasteiger partial charge in [0.05, 0.1) is 0 Å². The molecular formula is C19H26N6O3. The van der Waals surface area contributed by atoms with Crippen LogP contribution in [-0.2, 0) is 11.2 Å². The number of nitrogens with zero attached hydrogens (tertiary/aromatic N) is 5. The molecule has 1 N–H and O–H groups in total. The molecule has 1 unspecified atom stereocenters. The number of hydrogen-bond donors (Lipinski definition) is 1. The van der Waals surface area contributed by atoms with Crippen LogP contribution in [0.3, 0.4) is 0 Å². The van der Waals surface area contributed by atoms with Gasteiger partial charge in [-0.05, 0) is 31.7 Å². The minimum absolute atomic E-state index is 0.00329. The van der Waals surface area contributed by atoms with Crippen LogP contribution in [0.4, 0.5) is 0 Å². The van der Waals surface area contributed by atoms with Gasteiger partial charge in [-0.2, -0.15) is 10.1 Å². The minimum atomic E-state index is -0.0750. The summed E-state index contributed by atoms with van der Waals surface area (Å²) < 4.78 is 5.37. The van der Waals surface area contributed by atoms with Gasteiger partial charge in [0.15, 0.2) is 5.82 Å². The van der Waals surface area contributed by atoms with Crippen LogP contribution in [0.25, 0.3) is 0 Å². The van der Waals surface area contributed by atoms with Crippen molar-refractivity contribution < 1.29 is 14.1 Å². The highest BCUT2D eigenvalue weighted by molar-refractivity contribution is 5.92. The van der Waals surface area contributed by atoms with Crippen LogP contribution >= 0.6 is 0 Å². The fraction of sp³-hybridized carbons (Fsp3) is 0.632. The highest BCUT2D eigenvalue weighted by atomic mass is 16.5. The van der Waals surface area contributed by atoms with Gasteiger partial charge < -0.3 is 14.3 Å². The van der Waals surface area contributed by atoms with Crippen LogP contribution in [0.2, 0.25) is 0 Å². The van der Waals surface area contributed by atoms with Gasteiger partial charge in [-0.15, -0.1) is 0 Å². The smallest absolute Gasteiger partial charge is 0.271 e. The van der Waals surface area contributed by atoms with Crippen molar-refractivity contribution in [2.45, 2.75) is 57.4 Å². The van der Waals surface area contributed by atoms with E-state index < -0.39 is 0 Å². The Morgan fingerprint density at radius 2 is 2.18 bits per heavy atom. The topological polar surface area (TPSA) is 108 Å². The van der Waals surface area contributed by atoms with E-state index in [1.54, 1.807) is 24.1 Å². The third-order valence-corrected chi connectivity index (χ3v) is 5.77. The predicted octanol–water partition coefficient (Wildman–Crippen LogP) is 1.76. The van der Waals surface area contributed by atoms with Gasteiger partial charge in [0, 0.05) is 51.1 Å². The zero-order chi connectivity index (χ0) is 19.5. The molecule has 0 bridgehead atoms. The summed E-state index contributed by atoms with van der Waals surface area (Å²) in [6.45, 7) is 3.31. The van der Waals surface area contributed by atoms with E-state index in [0.717, 1.165) is 31.6 Å². The Balaban J connectivity index is 1.37. The number of H-pyrrole nitrogens is 1. The van der Waals surface area contributed by atoms with Crippen LogP contribution in [0.15, 0.2) is 16.8 Å². The van der Waals surface area contributed by atoms with Gasteiger partial charge in [-0.1, -0.05) is 11.6 Å². The fourth-order valence-electron chi connectivity index (χ4n) is 3.95. The van der Waals surface area contributed by atoms with E-state index in [4.69, 9.17) is 4.52 Å². The molecule has 1 saturated heterocycles. The Bertz CT molecular complexity index is 814. The lowest BCUT2D eigenvalue weighted by Crippen LogP contribution is -2.51. The highest BCUT2D eigenvalue weighted by Gasteiger charge is 2.30. The molecule has 0 aromatic carbocycles. The van der Waals surface area contributed by atoms with E-state index in [2.05, 4.69) is 20.3 Å². The molecule has 150 valence electrons. The molecule has 28 heavy (non-hydrogen) atoms. The van der Waals surface area contributed by atoms with Crippen molar-refractivity contribution in [1.29, 1.82) is 0 Å². The van der Waals surface area contributed by atoms with Crippen molar-refractivity contribution in [1.82, 2.24) is 30.1 Å². The first kappa shape index (κ1) is 18.6. The molecule has 2 aromatic heterocycles. The second kappa shape index (κ2) is 8.12. The minimum Gasteiger partial charge on any atom is -0.339 e. The number of amides is 2. The lowest BCUT2D eigenvalue weighted by atomic mass is 9.85. The number of piperidine rings is 1. The quantitative estimate of drug-likeness (QED) is 0.810. The van der Waals surface area contributed by atoms with Crippen LogP contribution in [0.1, 0.15) is 67.1 Å². The Hall–Kier alpha value is -2.71. The molecular weight excluding hydrogens is 360 g/mol. The molecule has 3 heterocycles. The molecule has 1 saturated carbocycles. The summed E-state index contributed by atoms with van der Waals surface area (Å²) in [7, 11) is 0. The Labute approximate surface area is 163 Å². The fourth-order valence-corrected chi connectivity index (χ4v) is 3.95. The second-order valence-corrected chi connectivity index (χ2v) is 7.66. The number of carbonyl (C=O) groups excluding carboxylic acids is 2. The largest absolute Gasteiger partial charge is 0.339 e. The summed E-state index contributed by atoms with van der Waals surface area (Å²) in [5.41, 5.74) is 0.477. The van der Waals surface area contributed by atoms with Crippen molar-refractivity contribution in [3.8, 4) is 0 Å². The SMILES string of the molecule is CC(=O)N(CCc1noc(C2CCC2)n1)C1CCCN(C(=O)c2ccn[nH]2)C1. The summed E-state index contributed by atoms with van der Waals surface area (Å²) >= 11 is 0. The Morgan fingerprint density at radius 1 is 1.32 bits per heavy atom. The molecule has 2 amide bonds. The number of carbonyl (C=O) groups is 2. The first-order valence-electron chi connectivity index (χ1n) is 10.00. The van der Waals surface area contributed by atoms with E-state index in [0.29, 0.717) is 43.5 Å². The van der Waals surface area contributed by atoms with Gasteiger partial charge in [-0.25, -0.2) is 0 Å². The van der Waals surface area contributed by atoms with Crippen molar-refractivity contribution in [3.63, 3.8) is 0 Å². The number of aromatic amines is 1. The van der Waals surface area contributed by atoms with Crippen LogP contribution in [-0.4, -0.2) is 67.6 Å². The molecule has 9 nitrogen and oxygen atoms in total. The maximum atomic E-state index is 12.6. The van der Waals surface area contributed by atoms with Crippen LogP contribution in [0.5, 0.6) is 0 Å². The Morgan fingerprint density at radius 3 is 2.86 bits per heavy atom.